The number of aromatic carboxylic acids is 1. The number of benzene rings is 2. The van der Waals surface area contributed by atoms with E-state index in [1.807, 2.05) is 0 Å². The normalized spacial score (nSPS) is 12.1. The van der Waals surface area contributed by atoms with Crippen LogP contribution in [0.2, 0.25) is 0 Å². The highest BCUT2D eigenvalue weighted by Gasteiger charge is 2.32. The van der Waals surface area contributed by atoms with Crippen molar-refractivity contribution in [3.05, 3.63) is 77.4 Å². The number of nitrogens with zero attached hydrogens (tertiary/aromatic N) is 2. The Morgan fingerprint density at radius 3 is 2.43 bits per heavy atom. The molecule has 0 bridgehead atoms. The SMILES string of the molecule is CCc1ccc(C(=O)O)cc1S(=O)(=O)Cc1cc(C(F)(F)F)ccc1-n1ccnc1. The molecule has 0 radical (unpaired) electrons. The standard InChI is InChI=1S/C20H17F3N2O4S/c1-2-13-3-4-14(19(26)27)10-18(13)30(28,29)11-15-9-16(20(21,22)23)5-6-17(15)25-8-7-24-12-25/h3-10,12H,2,11H2,1H3,(H,26,27). The van der Waals surface area contributed by atoms with E-state index in [9.17, 15) is 31.5 Å². The summed E-state index contributed by atoms with van der Waals surface area (Å²) in [6.07, 6.45) is -0.0842. The maximum atomic E-state index is 13.2. The second-order valence-electron chi connectivity index (χ2n) is 6.55. The summed E-state index contributed by atoms with van der Waals surface area (Å²) in [5.41, 5.74) is -0.658. The van der Waals surface area contributed by atoms with Gasteiger partial charge in [-0.15, -0.1) is 0 Å². The summed E-state index contributed by atoms with van der Waals surface area (Å²) in [6, 6.07) is 6.58. The van der Waals surface area contributed by atoms with Gasteiger partial charge in [0.25, 0.3) is 0 Å². The monoisotopic (exact) mass is 438 g/mol. The average molecular weight is 438 g/mol. The number of hydrogen-bond donors (Lipinski definition) is 1. The van der Waals surface area contributed by atoms with Gasteiger partial charge < -0.3 is 9.67 Å². The third-order valence-corrected chi connectivity index (χ3v) is 6.31. The van der Waals surface area contributed by atoms with Crippen molar-refractivity contribution < 1.29 is 31.5 Å². The highest BCUT2D eigenvalue weighted by atomic mass is 32.2. The van der Waals surface area contributed by atoms with Crippen molar-refractivity contribution in [2.75, 3.05) is 0 Å². The summed E-state index contributed by atoms with van der Waals surface area (Å²) in [7, 11) is -4.15. The molecule has 158 valence electrons. The van der Waals surface area contributed by atoms with E-state index in [1.54, 1.807) is 6.92 Å². The first-order chi connectivity index (χ1) is 14.0. The number of carboxylic acids is 1. The van der Waals surface area contributed by atoms with E-state index in [0.29, 0.717) is 12.0 Å². The number of sulfone groups is 1. The predicted octanol–water partition coefficient (Wildman–Crippen LogP) is 4.13. The van der Waals surface area contributed by atoms with Gasteiger partial charge in [0.05, 0.1) is 33.8 Å². The van der Waals surface area contributed by atoms with Crippen molar-refractivity contribution in [1.82, 2.24) is 9.55 Å². The Bertz CT molecular complexity index is 1190. The van der Waals surface area contributed by atoms with Gasteiger partial charge in [0.15, 0.2) is 9.84 Å². The van der Waals surface area contributed by atoms with E-state index < -0.39 is 33.3 Å². The number of rotatable bonds is 6. The molecule has 0 saturated heterocycles. The largest absolute Gasteiger partial charge is 0.478 e. The van der Waals surface area contributed by atoms with E-state index in [2.05, 4.69) is 4.98 Å². The molecule has 0 unspecified atom stereocenters. The van der Waals surface area contributed by atoms with Crippen molar-refractivity contribution in [1.29, 1.82) is 0 Å². The fourth-order valence-electron chi connectivity index (χ4n) is 3.08. The Labute approximate surface area is 170 Å². The summed E-state index contributed by atoms with van der Waals surface area (Å²) in [6.45, 7) is 1.70. The molecule has 2 aromatic carbocycles. The Morgan fingerprint density at radius 1 is 1.13 bits per heavy atom. The van der Waals surface area contributed by atoms with Crippen molar-refractivity contribution >= 4 is 15.8 Å². The van der Waals surface area contributed by atoms with Crippen LogP contribution in [0.4, 0.5) is 13.2 Å². The van der Waals surface area contributed by atoms with Crippen LogP contribution >= 0.6 is 0 Å². The van der Waals surface area contributed by atoms with Crippen LogP contribution in [0, 0.1) is 0 Å². The fraction of sp³-hybridized carbons (Fsp3) is 0.200. The lowest BCUT2D eigenvalue weighted by Crippen LogP contribution is -2.13. The van der Waals surface area contributed by atoms with E-state index >= 15 is 0 Å². The average Bonchev–Trinajstić information content (AvgIpc) is 3.20. The lowest BCUT2D eigenvalue weighted by Gasteiger charge is -2.16. The van der Waals surface area contributed by atoms with Crippen LogP contribution in [0.15, 0.2) is 60.0 Å². The van der Waals surface area contributed by atoms with E-state index in [-0.39, 0.29) is 21.7 Å². The zero-order chi connectivity index (χ0) is 22.1. The second kappa shape index (κ2) is 7.94. The first-order valence-electron chi connectivity index (χ1n) is 8.80. The van der Waals surface area contributed by atoms with Crippen LogP contribution in [0.5, 0.6) is 0 Å². The molecule has 6 nitrogen and oxygen atoms in total. The first kappa shape index (κ1) is 21.6. The summed E-state index contributed by atoms with van der Waals surface area (Å²) in [4.78, 5) is 14.9. The lowest BCUT2D eigenvalue weighted by molar-refractivity contribution is -0.137. The number of carbonyl (C=O) groups is 1. The predicted molar refractivity (Wildman–Crippen MR) is 102 cm³/mol. The third kappa shape index (κ3) is 4.38. The smallest absolute Gasteiger partial charge is 0.416 e. The van der Waals surface area contributed by atoms with Crippen LogP contribution in [0.1, 0.15) is 34.0 Å². The maximum absolute atomic E-state index is 13.2. The van der Waals surface area contributed by atoms with Crippen LogP contribution in [0.3, 0.4) is 0 Å². The summed E-state index contributed by atoms with van der Waals surface area (Å²) < 4.78 is 67.4. The zero-order valence-corrected chi connectivity index (χ0v) is 16.5. The lowest BCUT2D eigenvalue weighted by atomic mass is 10.1. The number of aromatic nitrogens is 2. The molecule has 1 N–H and O–H groups in total. The molecule has 3 rings (SSSR count). The molecular weight excluding hydrogens is 421 g/mol. The molecular formula is C20H17F3N2O4S. The molecule has 0 aliphatic heterocycles. The number of hydrogen-bond acceptors (Lipinski definition) is 4. The van der Waals surface area contributed by atoms with Gasteiger partial charge >= 0.3 is 12.1 Å². The minimum atomic E-state index is -4.65. The van der Waals surface area contributed by atoms with Gasteiger partial charge in [-0.1, -0.05) is 13.0 Å². The molecule has 0 atom stereocenters. The topological polar surface area (TPSA) is 89.3 Å². The van der Waals surface area contributed by atoms with E-state index in [1.165, 1.54) is 41.5 Å². The van der Waals surface area contributed by atoms with Crippen LogP contribution in [-0.2, 0) is 28.2 Å². The Balaban J connectivity index is 2.15. The number of alkyl halides is 3. The molecule has 0 spiro atoms. The molecule has 1 aromatic heterocycles. The number of aryl methyl sites for hydroxylation is 1. The molecule has 10 heteroatoms. The minimum absolute atomic E-state index is 0.0781. The minimum Gasteiger partial charge on any atom is -0.478 e. The quantitative estimate of drug-likeness (QED) is 0.625. The van der Waals surface area contributed by atoms with Gasteiger partial charge in [-0.3, -0.25) is 0 Å². The zero-order valence-electron chi connectivity index (χ0n) is 15.7. The van der Waals surface area contributed by atoms with Crippen LogP contribution in [-0.4, -0.2) is 29.0 Å². The molecule has 0 saturated carbocycles. The Hall–Kier alpha value is -3.14. The van der Waals surface area contributed by atoms with Crippen molar-refractivity contribution in [2.24, 2.45) is 0 Å². The van der Waals surface area contributed by atoms with Crippen molar-refractivity contribution in [3.63, 3.8) is 0 Å². The van der Waals surface area contributed by atoms with Gasteiger partial charge in [-0.05, 0) is 47.9 Å². The summed E-state index contributed by atoms with van der Waals surface area (Å²) in [5.74, 6) is -2.03. The molecule has 30 heavy (non-hydrogen) atoms. The maximum Gasteiger partial charge on any atom is 0.416 e. The van der Waals surface area contributed by atoms with E-state index in [4.69, 9.17) is 0 Å². The molecule has 0 aliphatic carbocycles. The highest BCUT2D eigenvalue weighted by molar-refractivity contribution is 7.90. The molecule has 0 fully saturated rings. The first-order valence-corrected chi connectivity index (χ1v) is 10.5. The summed E-state index contributed by atoms with van der Waals surface area (Å²) >= 11 is 0. The van der Waals surface area contributed by atoms with Gasteiger partial charge in [0.1, 0.15) is 0 Å². The van der Waals surface area contributed by atoms with Crippen LogP contribution in [0.25, 0.3) is 5.69 Å². The Kier molecular flexibility index (Phi) is 5.71. The number of imidazole rings is 1. The molecule has 0 aliphatic rings. The molecule has 3 aromatic rings. The van der Waals surface area contributed by atoms with Gasteiger partial charge in [-0.2, -0.15) is 13.2 Å². The van der Waals surface area contributed by atoms with Gasteiger partial charge in [-0.25, -0.2) is 18.2 Å². The third-order valence-electron chi connectivity index (χ3n) is 4.56. The number of halogens is 3. The van der Waals surface area contributed by atoms with Crippen molar-refractivity contribution in [2.45, 2.75) is 30.2 Å². The van der Waals surface area contributed by atoms with Crippen LogP contribution < -0.4 is 0 Å². The van der Waals surface area contributed by atoms with Crippen molar-refractivity contribution in [3.8, 4) is 5.69 Å². The molecule has 0 amide bonds. The van der Waals surface area contributed by atoms with Gasteiger partial charge in [0.2, 0.25) is 0 Å². The fourth-order valence-corrected chi connectivity index (χ4v) is 4.80. The summed E-state index contributed by atoms with van der Waals surface area (Å²) in [5, 5.41) is 9.19. The van der Waals surface area contributed by atoms with E-state index in [0.717, 1.165) is 18.2 Å². The molecule has 1 heterocycles. The second-order valence-corrected chi connectivity index (χ2v) is 8.51. The van der Waals surface area contributed by atoms with Gasteiger partial charge in [0, 0.05) is 12.4 Å². The highest BCUT2D eigenvalue weighted by Crippen LogP contribution is 2.33. The number of carboxylic acid groups (broad SMARTS) is 1. The Morgan fingerprint density at radius 2 is 1.87 bits per heavy atom.